The summed E-state index contributed by atoms with van der Waals surface area (Å²) in [5.41, 5.74) is -0.651. The number of anilines is 2. The van der Waals surface area contributed by atoms with Crippen LogP contribution in [0.1, 0.15) is 35.7 Å². The molecule has 2 aromatic rings. The van der Waals surface area contributed by atoms with Crippen molar-refractivity contribution in [3.63, 3.8) is 0 Å². The number of hydrogen-bond donors (Lipinski definition) is 2. The van der Waals surface area contributed by atoms with Crippen molar-refractivity contribution in [2.45, 2.75) is 38.8 Å². The normalized spacial score (nSPS) is 24.5. The van der Waals surface area contributed by atoms with Gasteiger partial charge in [-0.2, -0.15) is 28.1 Å². The maximum absolute atomic E-state index is 13.5. The second kappa shape index (κ2) is 7.16. The van der Waals surface area contributed by atoms with Crippen molar-refractivity contribution in [2.24, 2.45) is 0 Å². The number of aromatic nitrogens is 4. The summed E-state index contributed by atoms with van der Waals surface area (Å²) in [4.78, 5) is 14.4. The van der Waals surface area contributed by atoms with E-state index in [1.54, 1.807) is 0 Å². The lowest BCUT2D eigenvalue weighted by Gasteiger charge is -2.18. The Kier molecular flexibility index (Phi) is 2.47. The summed E-state index contributed by atoms with van der Waals surface area (Å²) in [7, 11) is 0. The largest absolute Gasteiger partial charge is 0.408 e. The average Bonchev–Trinajstić information content (AvgIpc) is 2.65. The van der Waals surface area contributed by atoms with Gasteiger partial charge in [-0.3, -0.25) is 0 Å². The number of hydrogen-bond acceptors (Lipinski definition) is 6. The summed E-state index contributed by atoms with van der Waals surface area (Å²) in [6.07, 6.45) is -5.69. The topological polar surface area (TPSA) is 75.6 Å². The highest BCUT2D eigenvalue weighted by Gasteiger charge is 2.36. The number of nitrogens with zero attached hydrogens (tertiary/aromatic N) is 4. The highest BCUT2D eigenvalue weighted by Crippen LogP contribution is 2.24. The molecule has 0 aromatic carbocycles. The van der Waals surface area contributed by atoms with Crippen molar-refractivity contribution in [1.82, 2.24) is 19.9 Å². The van der Waals surface area contributed by atoms with Gasteiger partial charge < -0.3 is 10.6 Å². The lowest BCUT2D eigenvalue weighted by Crippen LogP contribution is -2.34. The molecule has 2 atom stereocenters. The van der Waals surface area contributed by atoms with Crippen LogP contribution in [0.3, 0.4) is 0 Å². The second-order valence-electron chi connectivity index (χ2n) is 4.18. The van der Waals surface area contributed by atoms with Gasteiger partial charge in [-0.1, -0.05) is 17.6 Å². The molecule has 0 spiro atoms. The van der Waals surface area contributed by atoms with Crippen molar-refractivity contribution in [3.05, 3.63) is 23.3 Å². The Hall–Kier alpha value is -2.16. The van der Waals surface area contributed by atoms with Crippen molar-refractivity contribution in [1.29, 1.82) is 0 Å². The minimum Gasteiger partial charge on any atom is -0.352 e. The van der Waals surface area contributed by atoms with Crippen LogP contribution in [-0.2, 0) is 0 Å². The van der Waals surface area contributed by atoms with Gasteiger partial charge in [-0.05, 0) is 32.7 Å². The molecule has 2 N–H and O–H groups in total. The Morgan fingerprint density at radius 3 is 2.50 bits per heavy atom. The van der Waals surface area contributed by atoms with Gasteiger partial charge in [0.15, 0.2) is 5.82 Å². The van der Waals surface area contributed by atoms with Crippen LogP contribution in [0, 0.1) is 0 Å². The molecule has 10 heteroatoms. The molecular weight excluding hydrogens is 345 g/mol. The van der Waals surface area contributed by atoms with Gasteiger partial charge in [0.2, 0.25) is 11.9 Å². The summed E-state index contributed by atoms with van der Waals surface area (Å²) in [5.74, 6) is -2.86. The molecule has 2 rings (SSSR count). The van der Waals surface area contributed by atoms with Crippen LogP contribution in [0.4, 0.5) is 25.1 Å². The van der Waals surface area contributed by atoms with E-state index in [9.17, 15) is 13.2 Å². The zero-order valence-corrected chi connectivity index (χ0v) is 12.6. The number of rotatable bonds is 5. The van der Waals surface area contributed by atoms with E-state index in [0.29, 0.717) is 0 Å². The summed E-state index contributed by atoms with van der Waals surface area (Å²) in [6.45, 7) is -6.15. The zero-order chi connectivity index (χ0) is 27.4. The van der Waals surface area contributed by atoms with Crippen LogP contribution in [-0.4, -0.2) is 38.1 Å². The van der Waals surface area contributed by atoms with Gasteiger partial charge in [0.05, 0.1) is 6.85 Å². The van der Waals surface area contributed by atoms with Gasteiger partial charge in [0.25, 0.3) is 0 Å². The predicted octanol–water partition coefficient (Wildman–Crippen LogP) is 3.77. The molecule has 0 fully saturated rings. The van der Waals surface area contributed by atoms with Crippen LogP contribution < -0.4 is 10.6 Å². The fourth-order valence-electron chi connectivity index (χ4n) is 1.35. The Morgan fingerprint density at radius 2 is 1.88 bits per heavy atom. The lowest BCUT2D eigenvalue weighted by molar-refractivity contribution is -0.138. The van der Waals surface area contributed by atoms with Crippen LogP contribution in [0.5, 0.6) is 0 Å². The smallest absolute Gasteiger partial charge is 0.352 e. The summed E-state index contributed by atoms with van der Waals surface area (Å²) in [5, 5.41) is 2.78. The van der Waals surface area contributed by atoms with Gasteiger partial charge in [-0.15, -0.1) is 0 Å². The van der Waals surface area contributed by atoms with Crippen molar-refractivity contribution in [2.75, 3.05) is 10.6 Å². The van der Waals surface area contributed by atoms with E-state index < -0.39 is 78.6 Å². The molecule has 0 aliphatic rings. The molecule has 130 valence electrons. The summed E-state index contributed by atoms with van der Waals surface area (Å²) >= 11 is 5.75. The maximum atomic E-state index is 13.5. The predicted molar refractivity (Wildman–Crippen MR) is 86.0 cm³/mol. The van der Waals surface area contributed by atoms with Crippen LogP contribution in [0.2, 0.25) is 5.15 Å². The molecule has 0 saturated heterocycles. The Labute approximate surface area is 157 Å². The first-order chi connectivity index (χ1) is 15.5. The molecule has 0 aliphatic heterocycles. The molecule has 0 saturated carbocycles. The minimum atomic E-state index is -5.69. The fraction of sp³-hybridized carbons (Fsp3) is 0.429. The Bertz CT molecular complexity index is 1110. The van der Waals surface area contributed by atoms with E-state index in [1.807, 2.05) is 5.32 Å². The van der Waals surface area contributed by atoms with Gasteiger partial charge in [0, 0.05) is 14.2 Å². The third kappa shape index (κ3) is 4.92. The van der Waals surface area contributed by atoms with E-state index >= 15 is 0 Å². The Morgan fingerprint density at radius 1 is 1.17 bits per heavy atom. The molecular formula is C14H16ClF3N6. The van der Waals surface area contributed by atoms with E-state index in [2.05, 4.69) is 19.9 Å². The molecule has 0 unspecified atom stereocenters. The Balaban J connectivity index is 2.79. The van der Waals surface area contributed by atoms with Gasteiger partial charge in [-0.25, -0.2) is 4.98 Å². The molecule has 0 bridgehead atoms. The van der Waals surface area contributed by atoms with Crippen LogP contribution >= 0.6 is 11.6 Å². The first-order valence-corrected chi connectivity index (χ1v) is 6.42. The quantitative estimate of drug-likeness (QED) is 0.779. The lowest BCUT2D eigenvalue weighted by atomic mass is 10.3. The molecule has 6 nitrogen and oxygen atoms in total. The first kappa shape index (κ1) is 8.28. The third-order valence-electron chi connectivity index (χ3n) is 2.22. The van der Waals surface area contributed by atoms with E-state index in [-0.39, 0.29) is 0 Å². The molecule has 2 heterocycles. The second-order valence-corrected chi connectivity index (χ2v) is 4.54. The maximum Gasteiger partial charge on any atom is 0.408 e. The summed E-state index contributed by atoms with van der Waals surface area (Å²) < 4.78 is 123. The summed E-state index contributed by atoms with van der Waals surface area (Å²) in [6, 6.07) is -9.07. The van der Waals surface area contributed by atoms with E-state index in [1.165, 1.54) is 5.32 Å². The van der Waals surface area contributed by atoms with E-state index in [4.69, 9.17) is 26.7 Å². The zero-order valence-electron chi connectivity index (χ0n) is 22.8. The van der Waals surface area contributed by atoms with Crippen LogP contribution in [0.25, 0.3) is 11.5 Å². The van der Waals surface area contributed by atoms with E-state index in [0.717, 1.165) is 6.92 Å². The first-order valence-electron chi connectivity index (χ1n) is 11.5. The number of alkyl halides is 3. The van der Waals surface area contributed by atoms with Gasteiger partial charge in [0.1, 0.15) is 16.9 Å². The highest BCUT2D eigenvalue weighted by atomic mass is 35.5. The standard InChI is InChI=1S/C14H16ClF3N6/c1-7(2)19-12-22-11(9-5-4-6-10(15)21-9)23-13(24-12)20-8(3)14(16,17)18/h4-8H,1-3H3,(H2,19,20,22,23,24)/t8-/m1/s1/i1D3,3D3,4D,5D,6D,7D,8D/t7-,8-. The average molecular weight is 372 g/mol. The number of pyridine rings is 1. The van der Waals surface area contributed by atoms with Gasteiger partial charge >= 0.3 is 6.18 Å². The molecule has 0 aliphatic carbocycles. The van der Waals surface area contributed by atoms with Crippen molar-refractivity contribution >= 4 is 23.5 Å². The molecule has 0 amide bonds. The number of nitrogens with one attached hydrogen (secondary N) is 2. The van der Waals surface area contributed by atoms with Crippen LogP contribution in [0.15, 0.2) is 18.1 Å². The highest BCUT2D eigenvalue weighted by molar-refractivity contribution is 6.29. The fourth-order valence-corrected chi connectivity index (χ4v) is 1.48. The van der Waals surface area contributed by atoms with Crippen molar-refractivity contribution in [3.8, 4) is 11.5 Å². The molecule has 24 heavy (non-hydrogen) atoms. The molecule has 0 radical (unpaired) electrons. The number of halogens is 4. The molecule has 2 aromatic heterocycles. The monoisotopic (exact) mass is 371 g/mol. The third-order valence-corrected chi connectivity index (χ3v) is 2.40. The minimum absolute atomic E-state index is 0.606. The van der Waals surface area contributed by atoms with Crippen molar-refractivity contribution < 1.29 is 28.2 Å². The SMILES string of the molecule is [2H]c1c(Cl)nc(-c2nc(N[C@]([2H])(C([2H])([2H])[2H])C(F)(F)F)nc(N[C@@]([2H])(C)C([2H])([2H])[2H])n2)c([2H])c1[2H].